The van der Waals surface area contributed by atoms with Crippen LogP contribution in [-0.2, 0) is 11.3 Å². The van der Waals surface area contributed by atoms with Gasteiger partial charge in [0.2, 0.25) is 0 Å². The van der Waals surface area contributed by atoms with Crippen molar-refractivity contribution in [2.45, 2.75) is 6.61 Å². The lowest BCUT2D eigenvalue weighted by molar-refractivity contribution is 0.0597. The molecule has 2 aromatic carbocycles. The number of ether oxygens (including phenoxy) is 3. The second-order valence-corrected chi connectivity index (χ2v) is 4.56. The Morgan fingerprint density at radius 2 is 1.96 bits per heavy atom. The van der Waals surface area contributed by atoms with Gasteiger partial charge >= 0.3 is 5.97 Å². The van der Waals surface area contributed by atoms with Gasteiger partial charge in [-0.3, -0.25) is 0 Å². The van der Waals surface area contributed by atoms with Crippen LogP contribution in [-0.4, -0.2) is 20.2 Å². The molecule has 0 bridgehead atoms. The van der Waals surface area contributed by atoms with E-state index in [0.29, 0.717) is 22.6 Å². The summed E-state index contributed by atoms with van der Waals surface area (Å²) in [6.07, 6.45) is 0. The number of nitrogens with zero attached hydrogens (tertiary/aromatic N) is 1. The maximum atomic E-state index is 13.3. The van der Waals surface area contributed by atoms with Crippen molar-refractivity contribution in [3.63, 3.8) is 0 Å². The molecule has 118 valence electrons. The Bertz CT molecular complexity index is 768. The zero-order valence-electron chi connectivity index (χ0n) is 12.6. The van der Waals surface area contributed by atoms with Crippen molar-refractivity contribution >= 4 is 5.97 Å². The summed E-state index contributed by atoms with van der Waals surface area (Å²) < 4.78 is 28.7. The van der Waals surface area contributed by atoms with Crippen LogP contribution in [0.2, 0.25) is 0 Å². The fourth-order valence-corrected chi connectivity index (χ4v) is 1.99. The smallest absolute Gasteiger partial charge is 0.338 e. The Hall–Kier alpha value is -3.07. The van der Waals surface area contributed by atoms with Crippen LogP contribution in [0.15, 0.2) is 36.4 Å². The highest BCUT2D eigenvalue weighted by atomic mass is 19.1. The third kappa shape index (κ3) is 3.77. The number of halogens is 1. The fourth-order valence-electron chi connectivity index (χ4n) is 1.99. The average molecular weight is 315 g/mol. The molecule has 0 aromatic heterocycles. The van der Waals surface area contributed by atoms with Gasteiger partial charge in [-0.15, -0.1) is 0 Å². The van der Waals surface area contributed by atoms with Gasteiger partial charge in [0, 0.05) is 11.6 Å². The molecule has 0 saturated carbocycles. The molecule has 0 radical (unpaired) electrons. The van der Waals surface area contributed by atoms with E-state index < -0.39 is 11.8 Å². The summed E-state index contributed by atoms with van der Waals surface area (Å²) in [5.41, 5.74) is 1.01. The van der Waals surface area contributed by atoms with Gasteiger partial charge in [-0.25, -0.2) is 9.18 Å². The minimum Gasteiger partial charge on any atom is -0.493 e. The van der Waals surface area contributed by atoms with E-state index in [2.05, 4.69) is 4.74 Å². The van der Waals surface area contributed by atoms with E-state index in [0.717, 1.165) is 6.07 Å². The molecular formula is C17H14FNO4. The van der Waals surface area contributed by atoms with Gasteiger partial charge in [-0.2, -0.15) is 5.26 Å². The minimum absolute atomic E-state index is 0.0208. The normalized spacial score (nSPS) is 9.83. The molecule has 0 heterocycles. The maximum Gasteiger partial charge on any atom is 0.338 e. The number of nitriles is 1. The first-order chi connectivity index (χ1) is 11.1. The third-order valence-corrected chi connectivity index (χ3v) is 3.15. The van der Waals surface area contributed by atoms with Gasteiger partial charge in [0.15, 0.2) is 11.5 Å². The molecule has 2 rings (SSSR count). The molecule has 2 aromatic rings. The highest BCUT2D eigenvalue weighted by molar-refractivity contribution is 5.91. The second-order valence-electron chi connectivity index (χ2n) is 4.56. The van der Waals surface area contributed by atoms with E-state index >= 15 is 0 Å². The van der Waals surface area contributed by atoms with Crippen molar-refractivity contribution in [2.24, 2.45) is 0 Å². The van der Waals surface area contributed by atoms with Crippen molar-refractivity contribution in [2.75, 3.05) is 14.2 Å². The molecule has 0 unspecified atom stereocenters. The topological polar surface area (TPSA) is 68.5 Å². The molecule has 0 amide bonds. The lowest BCUT2D eigenvalue weighted by atomic mass is 10.1. The standard InChI is InChI=1S/C17H14FNO4/c1-21-16-7-11(9-19)3-6-15(16)23-10-12-4-5-13(18)8-14(12)17(20)22-2/h3-8H,10H2,1-2H3. The van der Waals surface area contributed by atoms with Crippen LogP contribution < -0.4 is 9.47 Å². The summed E-state index contributed by atoms with van der Waals surface area (Å²) in [6, 6.07) is 10.5. The van der Waals surface area contributed by atoms with Crippen LogP contribution in [0.1, 0.15) is 21.5 Å². The number of hydrogen-bond acceptors (Lipinski definition) is 5. The predicted molar refractivity (Wildman–Crippen MR) is 79.8 cm³/mol. The molecule has 0 N–H and O–H groups in total. The largest absolute Gasteiger partial charge is 0.493 e. The van der Waals surface area contributed by atoms with Crippen LogP contribution in [0.25, 0.3) is 0 Å². The number of methoxy groups -OCH3 is 2. The molecule has 0 aliphatic heterocycles. The lowest BCUT2D eigenvalue weighted by Crippen LogP contribution is -2.09. The molecule has 0 aliphatic carbocycles. The number of benzene rings is 2. The average Bonchev–Trinajstić information content (AvgIpc) is 2.59. The minimum atomic E-state index is -0.644. The first kappa shape index (κ1) is 16.3. The highest BCUT2D eigenvalue weighted by Gasteiger charge is 2.14. The number of rotatable bonds is 5. The highest BCUT2D eigenvalue weighted by Crippen LogP contribution is 2.29. The predicted octanol–water partition coefficient (Wildman–Crippen LogP) is 3.07. The van der Waals surface area contributed by atoms with Crippen LogP contribution in [0.3, 0.4) is 0 Å². The molecule has 6 heteroatoms. The number of carbonyl (C=O) groups excluding carboxylic acids is 1. The van der Waals surface area contributed by atoms with E-state index in [1.807, 2.05) is 6.07 Å². The van der Waals surface area contributed by atoms with Gasteiger partial charge in [-0.1, -0.05) is 6.07 Å². The lowest BCUT2D eigenvalue weighted by Gasteiger charge is -2.13. The van der Waals surface area contributed by atoms with E-state index in [4.69, 9.17) is 14.7 Å². The van der Waals surface area contributed by atoms with Crippen LogP contribution >= 0.6 is 0 Å². The van der Waals surface area contributed by atoms with Crippen molar-refractivity contribution in [1.29, 1.82) is 5.26 Å². The third-order valence-electron chi connectivity index (χ3n) is 3.15. The van der Waals surface area contributed by atoms with E-state index in [1.54, 1.807) is 18.2 Å². The van der Waals surface area contributed by atoms with Crippen LogP contribution in [0, 0.1) is 17.1 Å². The summed E-state index contributed by atoms with van der Waals surface area (Å²) >= 11 is 0. The van der Waals surface area contributed by atoms with Gasteiger partial charge in [-0.05, 0) is 24.3 Å². The monoisotopic (exact) mass is 315 g/mol. The molecule has 0 spiro atoms. The van der Waals surface area contributed by atoms with Crippen molar-refractivity contribution in [3.05, 3.63) is 58.9 Å². The number of hydrogen-bond donors (Lipinski definition) is 0. The number of carbonyl (C=O) groups is 1. The van der Waals surface area contributed by atoms with Gasteiger partial charge in [0.25, 0.3) is 0 Å². The quantitative estimate of drug-likeness (QED) is 0.793. The Morgan fingerprint density at radius 1 is 1.17 bits per heavy atom. The van der Waals surface area contributed by atoms with Gasteiger partial charge in [0.1, 0.15) is 12.4 Å². The van der Waals surface area contributed by atoms with Crippen molar-refractivity contribution in [3.8, 4) is 17.6 Å². The zero-order chi connectivity index (χ0) is 16.8. The summed E-state index contributed by atoms with van der Waals surface area (Å²) in [5.74, 6) is -0.377. The molecule has 0 fully saturated rings. The first-order valence-electron chi connectivity index (χ1n) is 6.66. The summed E-state index contributed by atoms with van der Waals surface area (Å²) in [4.78, 5) is 11.7. The van der Waals surface area contributed by atoms with E-state index in [1.165, 1.54) is 26.4 Å². The number of esters is 1. The fraction of sp³-hybridized carbons (Fsp3) is 0.176. The summed E-state index contributed by atoms with van der Waals surface area (Å²) in [7, 11) is 2.68. The first-order valence-corrected chi connectivity index (χ1v) is 6.66. The Labute approximate surface area is 132 Å². The summed E-state index contributed by atoms with van der Waals surface area (Å²) in [6.45, 7) is 0.0208. The molecule has 0 saturated heterocycles. The van der Waals surface area contributed by atoms with Crippen LogP contribution in [0.4, 0.5) is 4.39 Å². The van der Waals surface area contributed by atoms with Gasteiger partial charge < -0.3 is 14.2 Å². The Morgan fingerprint density at radius 3 is 2.61 bits per heavy atom. The second kappa shape index (κ2) is 7.27. The molecule has 5 nitrogen and oxygen atoms in total. The SMILES string of the molecule is COC(=O)c1cc(F)ccc1COc1ccc(C#N)cc1OC. The molecule has 23 heavy (non-hydrogen) atoms. The molecular weight excluding hydrogens is 301 g/mol. The van der Waals surface area contributed by atoms with Crippen LogP contribution in [0.5, 0.6) is 11.5 Å². The van der Waals surface area contributed by atoms with Crippen molar-refractivity contribution < 1.29 is 23.4 Å². The zero-order valence-corrected chi connectivity index (χ0v) is 12.6. The van der Waals surface area contributed by atoms with Crippen molar-refractivity contribution in [1.82, 2.24) is 0 Å². The maximum absolute atomic E-state index is 13.3. The van der Waals surface area contributed by atoms with E-state index in [-0.39, 0.29) is 12.2 Å². The van der Waals surface area contributed by atoms with E-state index in [9.17, 15) is 9.18 Å². The van der Waals surface area contributed by atoms with Gasteiger partial charge in [0.05, 0.1) is 31.4 Å². The molecule has 0 atom stereocenters. The Kier molecular flexibility index (Phi) is 5.15. The summed E-state index contributed by atoms with van der Waals surface area (Å²) in [5, 5.41) is 8.87. The molecule has 0 aliphatic rings. The Balaban J connectivity index is 2.25.